The summed E-state index contributed by atoms with van der Waals surface area (Å²) in [5, 5.41) is 19.0. The molecule has 0 fully saturated rings. The van der Waals surface area contributed by atoms with E-state index in [1.54, 1.807) is 0 Å². The molecule has 6 heteroatoms. The van der Waals surface area contributed by atoms with Gasteiger partial charge >= 0.3 is 0 Å². The van der Waals surface area contributed by atoms with Gasteiger partial charge in [0, 0.05) is 5.56 Å². The Morgan fingerprint density at radius 2 is 1.71 bits per heavy atom. The Labute approximate surface area is 117 Å². The lowest BCUT2D eigenvalue weighted by Gasteiger charge is -2.03. The van der Waals surface area contributed by atoms with Crippen molar-refractivity contribution in [3.8, 4) is 17.2 Å². The number of benzene rings is 2. The van der Waals surface area contributed by atoms with Crippen LogP contribution in [0.15, 0.2) is 36.1 Å². The van der Waals surface area contributed by atoms with Gasteiger partial charge in [-0.15, -0.1) is 0 Å². The number of halogens is 2. The Morgan fingerprint density at radius 3 is 2.38 bits per heavy atom. The number of carbonyl (C=O) groups excluding carboxylic acids is 1. The highest BCUT2D eigenvalue weighted by Crippen LogP contribution is 2.44. The van der Waals surface area contributed by atoms with Gasteiger partial charge in [0.05, 0.1) is 5.56 Å². The molecule has 1 aliphatic heterocycles. The van der Waals surface area contributed by atoms with Crippen molar-refractivity contribution in [1.29, 1.82) is 0 Å². The number of hydrogen-bond donors (Lipinski definition) is 2. The third-order valence-corrected chi connectivity index (χ3v) is 3.07. The number of fused-ring (bicyclic) bond motifs is 1. The molecule has 1 heterocycles. The fourth-order valence-electron chi connectivity index (χ4n) is 2.01. The molecule has 0 saturated heterocycles. The lowest BCUT2D eigenvalue weighted by Crippen LogP contribution is -1.99. The van der Waals surface area contributed by atoms with Gasteiger partial charge in [0.1, 0.15) is 11.6 Å². The molecule has 0 radical (unpaired) electrons. The van der Waals surface area contributed by atoms with Gasteiger partial charge < -0.3 is 14.9 Å². The van der Waals surface area contributed by atoms with E-state index in [1.165, 1.54) is 12.1 Å². The summed E-state index contributed by atoms with van der Waals surface area (Å²) < 4.78 is 32.2. The van der Waals surface area contributed by atoms with Crippen LogP contribution in [0.4, 0.5) is 8.78 Å². The van der Waals surface area contributed by atoms with Crippen molar-refractivity contribution in [2.75, 3.05) is 0 Å². The summed E-state index contributed by atoms with van der Waals surface area (Å²) in [6, 6.07) is 5.67. The topological polar surface area (TPSA) is 66.8 Å². The van der Waals surface area contributed by atoms with Crippen LogP contribution in [0.25, 0.3) is 6.08 Å². The molecular formula is C15H8F2O4. The van der Waals surface area contributed by atoms with Gasteiger partial charge in [-0.1, -0.05) is 6.07 Å². The second-order valence-corrected chi connectivity index (χ2v) is 4.39. The Balaban J connectivity index is 2.10. The molecule has 2 N–H and O–H groups in total. The molecule has 106 valence electrons. The van der Waals surface area contributed by atoms with Crippen LogP contribution in [0.3, 0.4) is 0 Å². The Kier molecular flexibility index (Phi) is 2.86. The van der Waals surface area contributed by atoms with Crippen LogP contribution < -0.4 is 4.74 Å². The average Bonchev–Trinajstić information content (AvgIpc) is 2.76. The van der Waals surface area contributed by atoms with Crippen LogP contribution in [-0.2, 0) is 0 Å². The van der Waals surface area contributed by atoms with E-state index >= 15 is 0 Å². The van der Waals surface area contributed by atoms with Crippen molar-refractivity contribution in [3.05, 3.63) is 58.9 Å². The zero-order valence-electron chi connectivity index (χ0n) is 10.4. The monoisotopic (exact) mass is 290 g/mol. The highest BCUT2D eigenvalue weighted by Gasteiger charge is 2.31. The summed E-state index contributed by atoms with van der Waals surface area (Å²) in [5.41, 5.74) is -0.411. The van der Waals surface area contributed by atoms with Gasteiger partial charge in [0.25, 0.3) is 0 Å². The fourth-order valence-corrected chi connectivity index (χ4v) is 2.01. The van der Waals surface area contributed by atoms with Crippen molar-refractivity contribution in [1.82, 2.24) is 0 Å². The smallest absolute Gasteiger partial charge is 0.232 e. The van der Waals surface area contributed by atoms with Crippen LogP contribution in [0.1, 0.15) is 15.9 Å². The molecule has 3 rings (SSSR count). The number of hydrogen-bond acceptors (Lipinski definition) is 4. The third-order valence-electron chi connectivity index (χ3n) is 3.07. The zero-order valence-corrected chi connectivity index (χ0v) is 10.4. The molecule has 1 aliphatic rings. The van der Waals surface area contributed by atoms with E-state index in [0.29, 0.717) is 0 Å². The number of ether oxygens (including phenoxy) is 1. The minimum atomic E-state index is -0.845. The maximum absolute atomic E-state index is 13.6. The van der Waals surface area contributed by atoms with E-state index in [0.717, 1.165) is 24.3 Å². The first-order chi connectivity index (χ1) is 9.99. The summed E-state index contributed by atoms with van der Waals surface area (Å²) in [7, 11) is 0. The van der Waals surface area contributed by atoms with Gasteiger partial charge in [0.15, 0.2) is 17.3 Å². The highest BCUT2D eigenvalue weighted by molar-refractivity contribution is 6.15. The lowest BCUT2D eigenvalue weighted by molar-refractivity contribution is 0.101. The van der Waals surface area contributed by atoms with Crippen LogP contribution in [0.5, 0.6) is 17.2 Å². The molecule has 2 aromatic rings. The summed E-state index contributed by atoms with van der Waals surface area (Å²) >= 11 is 0. The molecule has 0 bridgehead atoms. The second kappa shape index (κ2) is 4.59. The summed E-state index contributed by atoms with van der Waals surface area (Å²) in [4.78, 5) is 12.1. The van der Waals surface area contributed by atoms with Gasteiger partial charge in [-0.25, -0.2) is 8.78 Å². The summed E-state index contributed by atoms with van der Waals surface area (Å²) in [6.45, 7) is 0. The summed E-state index contributed by atoms with van der Waals surface area (Å²) in [5.74, 6) is -3.96. The van der Waals surface area contributed by atoms with Gasteiger partial charge in [-0.3, -0.25) is 4.79 Å². The Morgan fingerprint density at radius 1 is 1.05 bits per heavy atom. The number of rotatable bonds is 1. The minimum Gasteiger partial charge on any atom is -0.504 e. The number of aromatic hydroxyl groups is 2. The fraction of sp³-hybridized carbons (Fsp3) is 0. The van der Waals surface area contributed by atoms with Crippen molar-refractivity contribution in [3.63, 3.8) is 0 Å². The van der Waals surface area contributed by atoms with Crippen LogP contribution in [0.2, 0.25) is 0 Å². The number of allylic oxidation sites excluding steroid dienone is 1. The van der Waals surface area contributed by atoms with E-state index in [4.69, 9.17) is 4.74 Å². The predicted octanol–water partition coefficient (Wildman–Crippen LogP) is 2.99. The quantitative estimate of drug-likeness (QED) is 0.626. The first-order valence-corrected chi connectivity index (χ1v) is 5.92. The molecular weight excluding hydrogens is 282 g/mol. The Bertz CT molecular complexity index is 776. The third kappa shape index (κ3) is 2.01. The average molecular weight is 290 g/mol. The number of phenolic OH excluding ortho intramolecular Hbond substituents is 2. The molecule has 0 saturated carbocycles. The first-order valence-electron chi connectivity index (χ1n) is 5.92. The van der Waals surface area contributed by atoms with E-state index in [1.807, 2.05) is 0 Å². The number of Topliss-reactive ketones (excluding diaryl/α,β-unsaturated/α-hetero) is 1. The standard InChI is InChI=1S/C15H8F2O4/c16-9-2-1-3-10(17)8(9)6-12-13(19)7-4-5-11(18)14(20)15(7)21-12/h1-6,18,20H. The normalized spacial score (nSPS) is 15.1. The Hall–Kier alpha value is -2.89. The zero-order chi connectivity index (χ0) is 15.1. The first kappa shape index (κ1) is 13.1. The van der Waals surface area contributed by atoms with Crippen molar-refractivity contribution >= 4 is 11.9 Å². The van der Waals surface area contributed by atoms with Gasteiger partial charge in [-0.05, 0) is 30.3 Å². The van der Waals surface area contributed by atoms with Crippen LogP contribution >= 0.6 is 0 Å². The highest BCUT2D eigenvalue weighted by atomic mass is 19.1. The van der Waals surface area contributed by atoms with E-state index in [2.05, 4.69) is 0 Å². The molecule has 21 heavy (non-hydrogen) atoms. The second-order valence-electron chi connectivity index (χ2n) is 4.39. The van der Waals surface area contributed by atoms with Crippen LogP contribution in [-0.4, -0.2) is 16.0 Å². The van der Waals surface area contributed by atoms with E-state index in [9.17, 15) is 23.8 Å². The number of phenols is 2. The van der Waals surface area contributed by atoms with Crippen molar-refractivity contribution in [2.45, 2.75) is 0 Å². The lowest BCUT2D eigenvalue weighted by atomic mass is 10.1. The molecule has 0 aromatic heterocycles. The van der Waals surface area contributed by atoms with Crippen LogP contribution in [0, 0.1) is 11.6 Å². The van der Waals surface area contributed by atoms with Crippen molar-refractivity contribution < 1.29 is 28.5 Å². The van der Waals surface area contributed by atoms with Crippen molar-refractivity contribution in [2.24, 2.45) is 0 Å². The molecule has 0 amide bonds. The van der Waals surface area contributed by atoms with E-state index in [-0.39, 0.29) is 17.1 Å². The molecule has 0 unspecified atom stereocenters. The minimum absolute atomic E-state index is 0.00768. The number of ketones is 1. The SMILES string of the molecule is O=C1C(=Cc2c(F)cccc2F)Oc2c1ccc(O)c2O. The molecule has 0 aliphatic carbocycles. The van der Waals surface area contributed by atoms with Gasteiger partial charge in [0.2, 0.25) is 11.5 Å². The molecule has 4 nitrogen and oxygen atoms in total. The maximum Gasteiger partial charge on any atom is 0.232 e. The maximum atomic E-state index is 13.6. The molecule has 0 spiro atoms. The predicted molar refractivity (Wildman–Crippen MR) is 69.1 cm³/mol. The summed E-state index contributed by atoms with van der Waals surface area (Å²) in [6.07, 6.45) is 0.920. The molecule has 0 atom stereocenters. The van der Waals surface area contributed by atoms with Gasteiger partial charge in [-0.2, -0.15) is 0 Å². The number of carbonyl (C=O) groups is 1. The largest absolute Gasteiger partial charge is 0.504 e. The molecule has 2 aromatic carbocycles. The van der Waals surface area contributed by atoms with E-state index < -0.39 is 34.5 Å².